The van der Waals surface area contributed by atoms with Gasteiger partial charge >= 0.3 is 6.18 Å². The molecule has 4 heterocycles. The Bertz CT molecular complexity index is 1080. The van der Waals surface area contributed by atoms with Gasteiger partial charge in [0, 0.05) is 19.3 Å². The van der Waals surface area contributed by atoms with E-state index in [1.165, 1.54) is 5.56 Å². The molecule has 2 bridgehead atoms. The summed E-state index contributed by atoms with van der Waals surface area (Å²) < 4.78 is 38.0. The monoisotopic (exact) mass is 472 g/mol. The number of hydrogen-bond donors (Lipinski definition) is 2. The van der Waals surface area contributed by atoms with Crippen LogP contribution in [0.15, 0.2) is 49.4 Å². The van der Waals surface area contributed by atoms with Gasteiger partial charge in [0.15, 0.2) is 5.82 Å². The van der Waals surface area contributed by atoms with Crippen LogP contribution in [-0.4, -0.2) is 41.3 Å². The highest BCUT2D eigenvalue weighted by Crippen LogP contribution is 2.46. The molecule has 0 unspecified atom stereocenters. The van der Waals surface area contributed by atoms with Gasteiger partial charge in [0.2, 0.25) is 0 Å². The van der Waals surface area contributed by atoms with Crippen LogP contribution in [0.2, 0.25) is 0 Å². The summed E-state index contributed by atoms with van der Waals surface area (Å²) in [6, 6.07) is 7.65. The maximum atomic E-state index is 12.7. The van der Waals surface area contributed by atoms with Crippen LogP contribution < -0.4 is 20.4 Å². The first kappa shape index (κ1) is 23.9. The number of halogens is 3. The number of aromatic nitrogens is 2. The molecule has 2 aliphatic heterocycles. The first-order valence-corrected chi connectivity index (χ1v) is 11.6. The lowest BCUT2D eigenvalue weighted by Gasteiger charge is -2.45. The molecule has 0 amide bonds. The molecule has 2 aliphatic rings. The third-order valence-electron chi connectivity index (χ3n) is 6.40. The van der Waals surface area contributed by atoms with E-state index in [1.807, 2.05) is 18.2 Å². The number of nitrogens with one attached hydrogen (secondary N) is 2. The summed E-state index contributed by atoms with van der Waals surface area (Å²) in [5.74, 6) is 1.99. The lowest BCUT2D eigenvalue weighted by molar-refractivity contribution is -0.122. The smallest absolute Gasteiger partial charge is 0.375 e. The minimum atomic E-state index is -4.33. The lowest BCUT2D eigenvalue weighted by Crippen LogP contribution is -2.52. The number of anilines is 3. The van der Waals surface area contributed by atoms with Gasteiger partial charge in [-0.2, -0.15) is 13.2 Å². The molecule has 0 aromatic carbocycles. The van der Waals surface area contributed by atoms with E-state index in [1.54, 1.807) is 12.3 Å². The van der Waals surface area contributed by atoms with Crippen LogP contribution in [0.25, 0.3) is 5.70 Å². The lowest BCUT2D eigenvalue weighted by atomic mass is 9.97. The minimum absolute atomic E-state index is 0.127. The third kappa shape index (κ3) is 4.98. The van der Waals surface area contributed by atoms with Crippen molar-refractivity contribution in [3.63, 3.8) is 0 Å². The van der Waals surface area contributed by atoms with Crippen molar-refractivity contribution in [1.82, 2.24) is 15.3 Å². The molecule has 0 radical (unpaired) electrons. The highest BCUT2D eigenvalue weighted by molar-refractivity contribution is 5.78. The number of rotatable bonds is 9. The van der Waals surface area contributed by atoms with Gasteiger partial charge < -0.3 is 20.4 Å². The quantitative estimate of drug-likeness (QED) is 0.516. The summed E-state index contributed by atoms with van der Waals surface area (Å²) in [4.78, 5) is 13.5. The molecular weight excluding hydrogens is 441 g/mol. The fraction of sp³-hybridized carbons (Fsp3) is 0.440. The molecular formula is C25H31F3N6. The number of hydrogen-bond acceptors (Lipinski definition) is 6. The number of pyridine rings is 2. The van der Waals surface area contributed by atoms with Crippen molar-refractivity contribution < 1.29 is 13.2 Å². The summed E-state index contributed by atoms with van der Waals surface area (Å²) in [6.07, 6.45) is 1.56. The molecule has 0 aliphatic carbocycles. The third-order valence-corrected chi connectivity index (χ3v) is 6.40. The molecule has 0 spiro atoms. The second kappa shape index (κ2) is 9.19. The van der Waals surface area contributed by atoms with Crippen LogP contribution in [0.4, 0.5) is 30.5 Å². The number of fused-ring (bicyclic) bond motifs is 4. The van der Waals surface area contributed by atoms with Gasteiger partial charge in [-0.05, 0) is 56.0 Å². The summed E-state index contributed by atoms with van der Waals surface area (Å²) in [6.45, 7) is 12.9. The zero-order chi connectivity index (χ0) is 24.5. The average molecular weight is 473 g/mol. The first-order valence-electron chi connectivity index (χ1n) is 11.6. The van der Waals surface area contributed by atoms with Gasteiger partial charge in [-0.15, -0.1) is 0 Å². The Balaban J connectivity index is 1.62. The Kier molecular flexibility index (Phi) is 6.47. The maximum Gasteiger partial charge on any atom is 0.405 e. The van der Waals surface area contributed by atoms with E-state index in [9.17, 15) is 13.2 Å². The van der Waals surface area contributed by atoms with Crippen LogP contribution in [0.5, 0.6) is 0 Å². The molecule has 1 fully saturated rings. The zero-order valence-corrected chi connectivity index (χ0v) is 19.7. The van der Waals surface area contributed by atoms with Gasteiger partial charge in [-0.1, -0.05) is 26.5 Å². The van der Waals surface area contributed by atoms with Gasteiger partial charge in [-0.3, -0.25) is 0 Å². The predicted molar refractivity (Wildman–Crippen MR) is 131 cm³/mol. The Morgan fingerprint density at radius 1 is 1.24 bits per heavy atom. The fourth-order valence-corrected chi connectivity index (χ4v) is 4.64. The van der Waals surface area contributed by atoms with E-state index in [0.717, 1.165) is 44.5 Å². The summed E-state index contributed by atoms with van der Waals surface area (Å²) in [5, 5.41) is 5.68. The number of unbranched alkanes of at least 4 members (excludes halogenated alkanes) is 1. The second-order valence-electron chi connectivity index (χ2n) is 9.21. The molecule has 4 rings (SSSR count). The van der Waals surface area contributed by atoms with Crippen LogP contribution >= 0.6 is 0 Å². The largest absolute Gasteiger partial charge is 0.405 e. The van der Waals surface area contributed by atoms with Crippen LogP contribution in [0.1, 0.15) is 44.4 Å². The summed E-state index contributed by atoms with van der Waals surface area (Å²) in [5.41, 5.74) is 2.36. The van der Waals surface area contributed by atoms with Gasteiger partial charge in [0.05, 0.1) is 22.6 Å². The molecule has 9 heteroatoms. The van der Waals surface area contributed by atoms with E-state index in [2.05, 4.69) is 52.4 Å². The predicted octanol–water partition coefficient (Wildman–Crippen LogP) is 5.31. The van der Waals surface area contributed by atoms with Gasteiger partial charge in [0.25, 0.3) is 0 Å². The first-order chi connectivity index (χ1) is 16.1. The standard InChI is InChI=1S/C25H31F3N6/c1-5-6-7-19-10-12-29-22(14-19)31-18(3)34-23-21(33-13-11-24(34,4)16-33)9-8-20(32-23)17(2)30-15-25(26,27)28/h8-10,12,14,30H,2-3,5-7,11,13,15-16H2,1,4H3,(H,29,31)/t24-/m0/s1. The van der Waals surface area contributed by atoms with Crippen molar-refractivity contribution in [3.8, 4) is 0 Å². The van der Waals surface area contributed by atoms with E-state index >= 15 is 0 Å². The summed E-state index contributed by atoms with van der Waals surface area (Å²) >= 11 is 0. The SMILES string of the molecule is C=C(NCC(F)(F)F)c1ccc2c(n1)N(C(=C)Nc1cc(CCCC)ccn1)[C@@]1(C)CCN2C1. The fourth-order valence-electron chi connectivity index (χ4n) is 4.64. The molecule has 182 valence electrons. The molecule has 6 nitrogen and oxygen atoms in total. The molecule has 0 saturated carbocycles. The Hall–Kier alpha value is -3.23. The Morgan fingerprint density at radius 3 is 2.76 bits per heavy atom. The average Bonchev–Trinajstić information content (AvgIpc) is 3.13. The normalized spacial score (nSPS) is 19.1. The second-order valence-corrected chi connectivity index (χ2v) is 9.21. The Morgan fingerprint density at radius 2 is 2.03 bits per heavy atom. The van der Waals surface area contributed by atoms with Crippen molar-refractivity contribution in [3.05, 3.63) is 60.7 Å². The number of aryl methyl sites for hydroxylation is 1. The van der Waals surface area contributed by atoms with Gasteiger partial charge in [0.1, 0.15) is 18.2 Å². The maximum absolute atomic E-state index is 12.7. The molecule has 34 heavy (non-hydrogen) atoms. The highest BCUT2D eigenvalue weighted by Gasteiger charge is 2.47. The molecule has 1 saturated heterocycles. The van der Waals surface area contributed by atoms with Crippen LogP contribution in [-0.2, 0) is 6.42 Å². The molecule has 2 aromatic heterocycles. The van der Waals surface area contributed by atoms with Gasteiger partial charge in [-0.25, -0.2) is 9.97 Å². The van der Waals surface area contributed by atoms with Crippen LogP contribution in [0, 0.1) is 0 Å². The molecule has 2 N–H and O–H groups in total. The minimum Gasteiger partial charge on any atom is -0.375 e. The number of alkyl halides is 3. The van der Waals surface area contributed by atoms with E-state index in [0.29, 0.717) is 23.2 Å². The van der Waals surface area contributed by atoms with Crippen molar-refractivity contribution in [1.29, 1.82) is 0 Å². The zero-order valence-electron chi connectivity index (χ0n) is 19.7. The Labute approximate surface area is 198 Å². The van der Waals surface area contributed by atoms with Crippen molar-refractivity contribution in [2.24, 2.45) is 0 Å². The van der Waals surface area contributed by atoms with E-state index < -0.39 is 12.7 Å². The van der Waals surface area contributed by atoms with Crippen molar-refractivity contribution >= 4 is 23.0 Å². The van der Waals surface area contributed by atoms with Crippen molar-refractivity contribution in [2.75, 3.05) is 34.8 Å². The van der Waals surface area contributed by atoms with Crippen LogP contribution in [0.3, 0.4) is 0 Å². The van der Waals surface area contributed by atoms with E-state index in [4.69, 9.17) is 4.98 Å². The number of nitrogens with zero attached hydrogens (tertiary/aromatic N) is 4. The van der Waals surface area contributed by atoms with E-state index in [-0.39, 0.29) is 11.2 Å². The topological polar surface area (TPSA) is 56.3 Å². The molecule has 1 atom stereocenters. The van der Waals surface area contributed by atoms with Crippen molar-refractivity contribution in [2.45, 2.75) is 51.2 Å². The highest BCUT2D eigenvalue weighted by atomic mass is 19.4. The summed E-state index contributed by atoms with van der Waals surface area (Å²) in [7, 11) is 0. The molecule has 2 aromatic rings.